The van der Waals surface area contributed by atoms with Crippen molar-refractivity contribution in [1.29, 1.82) is 0 Å². The highest BCUT2D eigenvalue weighted by molar-refractivity contribution is 6.24. The molecule has 0 fully saturated rings. The molecule has 0 radical (unpaired) electrons. The summed E-state index contributed by atoms with van der Waals surface area (Å²) in [6, 6.07) is 23.3. The molecule has 0 aliphatic carbocycles. The number of benzene rings is 3. The molecule has 0 bridgehead atoms. The number of carbonyl (C=O) groups is 1. The number of hydrogen-bond acceptors (Lipinski definition) is 1. The average Bonchev–Trinajstić information content (AvgIpc) is 2.89. The molecule has 0 atom stereocenters. The summed E-state index contributed by atoms with van der Waals surface area (Å²) in [5, 5.41) is 0. The minimum Gasteiger partial charge on any atom is -0.276 e. The summed E-state index contributed by atoms with van der Waals surface area (Å²) in [6.45, 7) is 0. The third-order valence-electron chi connectivity index (χ3n) is 4.07. The van der Waals surface area contributed by atoms with E-state index in [2.05, 4.69) is 0 Å². The van der Waals surface area contributed by atoms with Crippen molar-refractivity contribution in [3.8, 4) is 0 Å². The van der Waals surface area contributed by atoms with Crippen LogP contribution in [0.3, 0.4) is 0 Å². The molecule has 1 amide bonds. The highest BCUT2D eigenvalue weighted by atomic mass is 19.1. The van der Waals surface area contributed by atoms with Crippen LogP contribution in [0.2, 0.25) is 0 Å². The van der Waals surface area contributed by atoms with E-state index in [4.69, 9.17) is 0 Å². The van der Waals surface area contributed by atoms with E-state index in [1.54, 1.807) is 17.0 Å². The lowest BCUT2D eigenvalue weighted by molar-refractivity contribution is 0.101. The molecule has 1 aliphatic heterocycles. The fourth-order valence-electron chi connectivity index (χ4n) is 2.94. The lowest BCUT2D eigenvalue weighted by atomic mass is 10.1. The SMILES string of the molecule is O=C1c2ccccc2/C(=C/c2ccccc2)N1c1ccc(F)cc1. The van der Waals surface area contributed by atoms with Gasteiger partial charge in [0.1, 0.15) is 5.82 Å². The fraction of sp³-hybridized carbons (Fsp3) is 0. The lowest BCUT2D eigenvalue weighted by Gasteiger charge is -2.18. The molecule has 3 heteroatoms. The molecule has 0 N–H and O–H groups in total. The van der Waals surface area contributed by atoms with Gasteiger partial charge in [0.15, 0.2) is 0 Å². The zero-order chi connectivity index (χ0) is 16.5. The Morgan fingerprint density at radius 1 is 0.750 bits per heavy atom. The molecule has 0 spiro atoms. The van der Waals surface area contributed by atoms with E-state index >= 15 is 0 Å². The number of halogens is 1. The van der Waals surface area contributed by atoms with Gasteiger partial charge in [0.2, 0.25) is 0 Å². The van der Waals surface area contributed by atoms with E-state index in [-0.39, 0.29) is 11.7 Å². The Kier molecular flexibility index (Phi) is 3.47. The Labute approximate surface area is 139 Å². The number of nitrogens with zero attached hydrogens (tertiary/aromatic N) is 1. The minimum atomic E-state index is -0.323. The highest BCUT2D eigenvalue weighted by Gasteiger charge is 2.32. The predicted molar refractivity (Wildman–Crippen MR) is 94.0 cm³/mol. The molecule has 0 aromatic heterocycles. The van der Waals surface area contributed by atoms with Gasteiger partial charge < -0.3 is 0 Å². The van der Waals surface area contributed by atoms with Crippen LogP contribution in [0.15, 0.2) is 78.9 Å². The molecule has 2 nitrogen and oxygen atoms in total. The molecule has 1 heterocycles. The number of carbonyl (C=O) groups excluding carboxylic acids is 1. The van der Waals surface area contributed by atoms with Crippen LogP contribution >= 0.6 is 0 Å². The second-order valence-corrected chi connectivity index (χ2v) is 5.60. The van der Waals surface area contributed by atoms with Gasteiger partial charge in [0, 0.05) is 16.8 Å². The van der Waals surface area contributed by atoms with Crippen LogP contribution < -0.4 is 4.90 Å². The van der Waals surface area contributed by atoms with Crippen molar-refractivity contribution in [3.63, 3.8) is 0 Å². The van der Waals surface area contributed by atoms with E-state index in [9.17, 15) is 9.18 Å². The third kappa shape index (κ3) is 2.40. The number of amides is 1. The Morgan fingerprint density at radius 3 is 2.08 bits per heavy atom. The molecule has 0 saturated heterocycles. The zero-order valence-electron chi connectivity index (χ0n) is 12.8. The summed E-state index contributed by atoms with van der Waals surface area (Å²) < 4.78 is 13.3. The minimum absolute atomic E-state index is 0.0978. The van der Waals surface area contributed by atoms with Gasteiger partial charge in [-0.3, -0.25) is 9.69 Å². The molecule has 116 valence electrons. The number of hydrogen-bond donors (Lipinski definition) is 0. The molecular weight excluding hydrogens is 301 g/mol. The molecular formula is C21H14FNO. The first-order chi connectivity index (χ1) is 11.7. The first kappa shape index (κ1) is 14.4. The van der Waals surface area contributed by atoms with Crippen molar-refractivity contribution in [2.75, 3.05) is 4.90 Å². The van der Waals surface area contributed by atoms with Crippen LogP contribution in [-0.4, -0.2) is 5.91 Å². The average molecular weight is 315 g/mol. The van der Waals surface area contributed by atoms with Crippen LogP contribution in [-0.2, 0) is 0 Å². The molecule has 24 heavy (non-hydrogen) atoms. The Hall–Kier alpha value is -3.20. The van der Waals surface area contributed by atoms with Gasteiger partial charge in [0.25, 0.3) is 5.91 Å². The summed E-state index contributed by atoms with van der Waals surface area (Å²) >= 11 is 0. The third-order valence-corrected chi connectivity index (χ3v) is 4.07. The van der Waals surface area contributed by atoms with Crippen LogP contribution in [0.5, 0.6) is 0 Å². The van der Waals surface area contributed by atoms with Gasteiger partial charge in [-0.2, -0.15) is 0 Å². The van der Waals surface area contributed by atoms with Crippen molar-refractivity contribution in [3.05, 3.63) is 101 Å². The molecule has 3 aromatic rings. The first-order valence-electron chi connectivity index (χ1n) is 7.70. The van der Waals surface area contributed by atoms with Gasteiger partial charge in [-0.25, -0.2) is 4.39 Å². The standard InChI is InChI=1S/C21H14FNO/c22-16-10-12-17(13-11-16)23-20(14-15-6-2-1-3-7-15)18-8-4-5-9-19(18)21(23)24/h1-14H/b20-14-. The van der Waals surface area contributed by atoms with Crippen LogP contribution in [0, 0.1) is 5.82 Å². The van der Waals surface area contributed by atoms with Gasteiger partial charge in [-0.1, -0.05) is 48.5 Å². The fourth-order valence-corrected chi connectivity index (χ4v) is 2.94. The molecule has 4 rings (SSSR count). The summed E-state index contributed by atoms with van der Waals surface area (Å²) in [5.41, 5.74) is 4.00. The van der Waals surface area contributed by atoms with Gasteiger partial charge in [-0.05, 0) is 42.0 Å². The second kappa shape index (κ2) is 5.78. The Balaban J connectivity index is 1.90. The normalized spacial score (nSPS) is 15.0. The summed E-state index contributed by atoms with van der Waals surface area (Å²) in [5.74, 6) is -0.420. The van der Waals surface area contributed by atoms with Crippen LogP contribution in [0.25, 0.3) is 11.8 Å². The van der Waals surface area contributed by atoms with Crippen LogP contribution in [0.1, 0.15) is 21.5 Å². The Bertz CT molecular complexity index is 930. The zero-order valence-corrected chi connectivity index (χ0v) is 12.8. The van der Waals surface area contributed by atoms with E-state index in [0.29, 0.717) is 11.3 Å². The predicted octanol–water partition coefficient (Wildman–Crippen LogP) is 4.98. The highest BCUT2D eigenvalue weighted by Crippen LogP contribution is 2.37. The summed E-state index contributed by atoms with van der Waals surface area (Å²) in [7, 11) is 0. The van der Waals surface area contributed by atoms with Crippen molar-refractivity contribution in [2.24, 2.45) is 0 Å². The summed E-state index contributed by atoms with van der Waals surface area (Å²) in [6.07, 6.45) is 1.98. The van der Waals surface area contributed by atoms with Crippen molar-refractivity contribution >= 4 is 23.4 Å². The van der Waals surface area contributed by atoms with E-state index in [0.717, 1.165) is 16.8 Å². The quantitative estimate of drug-likeness (QED) is 0.653. The van der Waals surface area contributed by atoms with Crippen molar-refractivity contribution in [1.82, 2.24) is 0 Å². The van der Waals surface area contributed by atoms with Gasteiger partial charge in [-0.15, -0.1) is 0 Å². The largest absolute Gasteiger partial charge is 0.276 e. The molecule has 3 aromatic carbocycles. The number of anilines is 1. The molecule has 1 aliphatic rings. The van der Waals surface area contributed by atoms with E-state index in [1.807, 2.05) is 60.7 Å². The first-order valence-corrected chi connectivity index (χ1v) is 7.70. The maximum Gasteiger partial charge on any atom is 0.263 e. The number of rotatable bonds is 2. The maximum absolute atomic E-state index is 13.3. The lowest BCUT2D eigenvalue weighted by Crippen LogP contribution is -2.22. The second-order valence-electron chi connectivity index (χ2n) is 5.60. The topological polar surface area (TPSA) is 20.3 Å². The van der Waals surface area contributed by atoms with Crippen molar-refractivity contribution < 1.29 is 9.18 Å². The molecule has 0 unspecified atom stereocenters. The monoisotopic (exact) mass is 315 g/mol. The van der Waals surface area contributed by atoms with Crippen LogP contribution in [0.4, 0.5) is 10.1 Å². The van der Waals surface area contributed by atoms with Gasteiger partial charge >= 0.3 is 0 Å². The Morgan fingerprint density at radius 2 is 1.38 bits per heavy atom. The summed E-state index contributed by atoms with van der Waals surface area (Å²) in [4.78, 5) is 14.5. The maximum atomic E-state index is 13.3. The van der Waals surface area contributed by atoms with Gasteiger partial charge in [0.05, 0.1) is 5.70 Å². The number of fused-ring (bicyclic) bond motifs is 1. The van der Waals surface area contributed by atoms with Crippen molar-refractivity contribution in [2.45, 2.75) is 0 Å². The van der Waals surface area contributed by atoms with E-state index in [1.165, 1.54) is 12.1 Å². The molecule has 0 saturated carbocycles. The van der Waals surface area contributed by atoms with E-state index < -0.39 is 0 Å². The smallest absolute Gasteiger partial charge is 0.263 e.